The van der Waals surface area contributed by atoms with Gasteiger partial charge in [-0.15, -0.1) is 0 Å². The smallest absolute Gasteiger partial charge is 0.240 e. The molecule has 4 aliphatic heterocycles. The van der Waals surface area contributed by atoms with Crippen molar-refractivity contribution in [3.63, 3.8) is 0 Å². The van der Waals surface area contributed by atoms with E-state index in [1.165, 1.54) is 81.1 Å². The number of rotatable bonds is 27. The number of hydrogen-bond acceptors (Lipinski definition) is 8. The summed E-state index contributed by atoms with van der Waals surface area (Å²) < 4.78 is 20.1. The van der Waals surface area contributed by atoms with Crippen LogP contribution in [0.3, 0.4) is 0 Å². The first-order chi connectivity index (χ1) is 31.4. The van der Waals surface area contributed by atoms with Crippen LogP contribution in [0.2, 0.25) is 0 Å². The monoisotopic (exact) mass is 912 g/mol. The van der Waals surface area contributed by atoms with E-state index >= 15 is 0 Å². The molecule has 0 saturated carbocycles. The number of carbonyl (C=O) groups is 4. The predicted octanol–water partition coefficient (Wildman–Crippen LogP) is 10.9. The van der Waals surface area contributed by atoms with Gasteiger partial charge in [-0.05, 0) is 67.1 Å². The molecular formula is C56H85N3O7. The third-order valence-corrected chi connectivity index (χ3v) is 16.3. The summed E-state index contributed by atoms with van der Waals surface area (Å²) in [5, 5.41) is 0. The molecule has 4 saturated heterocycles. The Morgan fingerprint density at radius 1 is 0.561 bits per heavy atom. The number of likely N-dealkylation sites (tertiary alicyclic amines) is 1. The minimum absolute atomic E-state index is 0.126. The Balaban J connectivity index is 1.21. The number of imide groups is 2. The summed E-state index contributed by atoms with van der Waals surface area (Å²) in [6.07, 6.45) is 15.9. The topological polar surface area (TPSA) is 128 Å². The molecule has 4 fully saturated rings. The molecular weight excluding hydrogens is 827 g/mol. The molecule has 66 heavy (non-hydrogen) atoms. The van der Waals surface area contributed by atoms with Crippen molar-refractivity contribution in [3.05, 3.63) is 66.2 Å². The van der Waals surface area contributed by atoms with E-state index in [-0.39, 0.29) is 35.7 Å². The maximum absolute atomic E-state index is 14.9. The summed E-state index contributed by atoms with van der Waals surface area (Å²) in [4.78, 5) is 61.8. The number of carbonyl (C=O) groups excluding carboxylic acids is 4. The average molecular weight is 912 g/mol. The zero-order valence-electron chi connectivity index (χ0n) is 42.2. The van der Waals surface area contributed by atoms with Crippen molar-refractivity contribution in [3.8, 4) is 0 Å². The van der Waals surface area contributed by atoms with E-state index in [9.17, 15) is 19.2 Å². The fourth-order valence-electron chi connectivity index (χ4n) is 11.9. The van der Waals surface area contributed by atoms with E-state index in [1.807, 2.05) is 38.1 Å². The molecule has 9 atom stereocenters. The summed E-state index contributed by atoms with van der Waals surface area (Å²) in [7, 11) is 0. The number of nitrogens with two attached hydrogens (primary N) is 1. The Hall–Kier alpha value is -3.44. The van der Waals surface area contributed by atoms with E-state index in [0.717, 1.165) is 25.7 Å². The van der Waals surface area contributed by atoms with Crippen molar-refractivity contribution in [1.82, 2.24) is 4.90 Å². The lowest BCUT2D eigenvalue weighted by atomic mass is 9.57. The van der Waals surface area contributed by atoms with Crippen LogP contribution in [-0.2, 0) is 39.8 Å². The first-order valence-corrected chi connectivity index (χ1v) is 25.9. The van der Waals surface area contributed by atoms with Gasteiger partial charge in [0.05, 0.1) is 65.9 Å². The Labute approximate surface area is 397 Å². The highest BCUT2D eigenvalue weighted by atomic mass is 16.5. The zero-order chi connectivity index (χ0) is 47.9. The summed E-state index contributed by atoms with van der Waals surface area (Å²) >= 11 is 0. The first-order valence-electron chi connectivity index (χ1n) is 25.9. The third-order valence-electron chi connectivity index (χ3n) is 16.3. The molecule has 0 spiro atoms. The lowest BCUT2D eigenvalue weighted by molar-refractivity contribution is -0.170. The van der Waals surface area contributed by atoms with Crippen LogP contribution >= 0.6 is 0 Å². The Kier molecular flexibility index (Phi) is 17.6. The van der Waals surface area contributed by atoms with Crippen LogP contribution < -0.4 is 10.6 Å². The van der Waals surface area contributed by atoms with Gasteiger partial charge < -0.3 is 19.9 Å². The molecule has 6 rings (SSSR count). The van der Waals surface area contributed by atoms with Gasteiger partial charge >= 0.3 is 0 Å². The number of nitrogens with zero attached hydrogens (tertiary/aromatic N) is 2. The van der Waals surface area contributed by atoms with Crippen molar-refractivity contribution in [2.45, 2.75) is 195 Å². The fraction of sp³-hybridized carbons (Fsp3) is 0.714. The summed E-state index contributed by atoms with van der Waals surface area (Å²) in [5.41, 5.74) is 5.69. The number of para-hydroxylation sites is 1. The second-order valence-electron chi connectivity index (χ2n) is 22.6. The van der Waals surface area contributed by atoms with Crippen LogP contribution in [0, 0.1) is 39.9 Å². The van der Waals surface area contributed by atoms with E-state index in [2.05, 4.69) is 72.7 Å². The number of amides is 4. The first kappa shape index (κ1) is 51.9. The molecule has 366 valence electrons. The Morgan fingerprint density at radius 2 is 1.02 bits per heavy atom. The van der Waals surface area contributed by atoms with Crippen LogP contribution in [0.15, 0.2) is 60.7 Å². The van der Waals surface area contributed by atoms with Gasteiger partial charge in [0, 0.05) is 13.2 Å². The highest BCUT2D eigenvalue weighted by molar-refractivity contribution is 6.22. The Bertz CT molecular complexity index is 1910. The SMILES string of the molecule is CCCCCCCCCCCCCCCCN1C(=O)[C@@H]2C(C(C)(C)C(C)(C)C3OC(C(C)(N)COCC)[C@H]4C(=O)N(c5ccccc5)C(=O)[C@@H]34)OC(CC(C)(C)Cc3ccccc3)[C@@H]2C1=O. The lowest BCUT2D eigenvalue weighted by Gasteiger charge is -2.50. The van der Waals surface area contributed by atoms with E-state index in [4.69, 9.17) is 19.9 Å². The molecule has 10 nitrogen and oxygen atoms in total. The van der Waals surface area contributed by atoms with Gasteiger partial charge in [-0.25, -0.2) is 4.90 Å². The maximum atomic E-state index is 14.9. The number of ether oxygens (including phenoxy) is 3. The van der Waals surface area contributed by atoms with Crippen LogP contribution in [0.4, 0.5) is 5.69 Å². The molecule has 0 aromatic heterocycles. The van der Waals surface area contributed by atoms with Gasteiger partial charge in [0.25, 0.3) is 0 Å². The quantitative estimate of drug-likeness (QED) is 0.0693. The zero-order valence-corrected chi connectivity index (χ0v) is 42.2. The maximum Gasteiger partial charge on any atom is 0.240 e. The minimum Gasteiger partial charge on any atom is -0.380 e. The van der Waals surface area contributed by atoms with Crippen molar-refractivity contribution in [2.75, 3.05) is 24.7 Å². The highest BCUT2D eigenvalue weighted by Gasteiger charge is 2.71. The molecule has 5 unspecified atom stereocenters. The lowest BCUT2D eigenvalue weighted by Crippen LogP contribution is -2.57. The number of hydrogen-bond donors (Lipinski definition) is 1. The molecule has 4 aliphatic rings. The van der Waals surface area contributed by atoms with Gasteiger partial charge in [-0.3, -0.25) is 24.1 Å². The standard InChI is InChI=1S/C56H85N3O7/c1-10-12-13-14-15-16-17-18-19-20-21-22-23-30-35-58-49(60)42-41(37-53(3,4)36-39-31-26-24-27-32-39)65-46(43(42)50(58)61)54(5,6)55(7,8)47-44-45(48(66-47)56(9,57)38-64-11-2)52(63)59(51(44)62)40-33-28-25-29-34-40/h24-29,31-34,41-48H,10-23,30,35-38,57H2,1-9H3/t41?,42-,43-,44+,45-,46?,47?,48?,56?/m0/s1. The summed E-state index contributed by atoms with van der Waals surface area (Å²) in [6.45, 7) is 19.7. The van der Waals surface area contributed by atoms with Crippen molar-refractivity contribution in [1.29, 1.82) is 0 Å². The fourth-order valence-corrected chi connectivity index (χ4v) is 11.9. The summed E-state index contributed by atoms with van der Waals surface area (Å²) in [5.74, 6) is -3.93. The Morgan fingerprint density at radius 3 is 1.55 bits per heavy atom. The van der Waals surface area contributed by atoms with Crippen molar-refractivity contribution < 1.29 is 33.4 Å². The molecule has 10 heteroatoms. The number of anilines is 1. The van der Waals surface area contributed by atoms with Crippen LogP contribution in [0.25, 0.3) is 0 Å². The molecule has 2 aromatic carbocycles. The normalized spacial score (nSPS) is 26.7. The molecule has 4 amide bonds. The second kappa shape index (κ2) is 22.3. The van der Waals surface area contributed by atoms with Crippen LogP contribution in [-0.4, -0.2) is 78.2 Å². The van der Waals surface area contributed by atoms with Gasteiger partial charge in [-0.1, -0.05) is 180 Å². The van der Waals surface area contributed by atoms with E-state index < -0.39 is 64.5 Å². The van der Waals surface area contributed by atoms with Gasteiger partial charge in [0.2, 0.25) is 23.6 Å². The molecule has 2 aromatic rings. The van der Waals surface area contributed by atoms with E-state index in [1.54, 1.807) is 17.0 Å². The predicted molar refractivity (Wildman–Crippen MR) is 262 cm³/mol. The molecule has 0 bridgehead atoms. The van der Waals surface area contributed by atoms with Gasteiger partial charge in [0.15, 0.2) is 0 Å². The molecule has 0 aliphatic carbocycles. The molecule has 4 heterocycles. The van der Waals surface area contributed by atoms with Crippen LogP contribution in [0.1, 0.15) is 164 Å². The highest BCUT2D eigenvalue weighted by Crippen LogP contribution is 2.60. The number of unbranched alkanes of at least 4 members (excludes halogenated alkanes) is 13. The third kappa shape index (κ3) is 11.2. The largest absolute Gasteiger partial charge is 0.380 e. The van der Waals surface area contributed by atoms with E-state index in [0.29, 0.717) is 25.3 Å². The molecule has 2 N–H and O–H groups in total. The van der Waals surface area contributed by atoms with Crippen molar-refractivity contribution in [2.24, 2.45) is 45.7 Å². The number of fused-ring (bicyclic) bond motifs is 2. The van der Waals surface area contributed by atoms with Crippen molar-refractivity contribution >= 4 is 29.3 Å². The van der Waals surface area contributed by atoms with Crippen LogP contribution in [0.5, 0.6) is 0 Å². The molecule has 0 radical (unpaired) electrons. The number of benzene rings is 2. The van der Waals surface area contributed by atoms with Gasteiger partial charge in [0.1, 0.15) is 0 Å². The van der Waals surface area contributed by atoms with Gasteiger partial charge in [-0.2, -0.15) is 0 Å². The minimum atomic E-state index is -1.09. The second-order valence-corrected chi connectivity index (χ2v) is 22.6. The average Bonchev–Trinajstić information content (AvgIpc) is 4.00. The summed E-state index contributed by atoms with van der Waals surface area (Å²) in [6, 6.07) is 19.4.